The van der Waals surface area contributed by atoms with Gasteiger partial charge in [-0.1, -0.05) is 49.7 Å². The van der Waals surface area contributed by atoms with Crippen LogP contribution in [0.15, 0.2) is 42.5 Å². The molecule has 0 fully saturated rings. The first-order valence-electron chi connectivity index (χ1n) is 7.44. The van der Waals surface area contributed by atoms with E-state index in [2.05, 4.69) is 38.2 Å². The Hall–Kier alpha value is -1.51. The first kappa shape index (κ1) is 15.9. The molecule has 2 rings (SSSR count). The normalized spacial score (nSPS) is 12.2. The van der Waals surface area contributed by atoms with E-state index in [-0.39, 0.29) is 6.04 Å². The van der Waals surface area contributed by atoms with Crippen molar-refractivity contribution in [3.63, 3.8) is 0 Å². The molecule has 0 saturated heterocycles. The number of nitrogens with one attached hydrogen (secondary N) is 1. The minimum atomic E-state index is 0.282. The number of para-hydroxylation sites is 1. The van der Waals surface area contributed by atoms with Gasteiger partial charge < -0.3 is 10.1 Å². The molecule has 1 unspecified atom stereocenters. The highest BCUT2D eigenvalue weighted by Crippen LogP contribution is 2.33. The number of ether oxygens (including phenoxy) is 1. The second-order valence-electron chi connectivity index (χ2n) is 5.03. The fourth-order valence-corrected chi connectivity index (χ4v) is 2.53. The zero-order valence-corrected chi connectivity index (χ0v) is 13.6. The summed E-state index contributed by atoms with van der Waals surface area (Å²) in [6, 6.07) is 14.3. The van der Waals surface area contributed by atoms with Crippen LogP contribution in [0.25, 0.3) is 0 Å². The van der Waals surface area contributed by atoms with Crippen LogP contribution in [0.4, 0.5) is 0 Å². The predicted octanol–water partition coefficient (Wildman–Crippen LogP) is 5.37. The summed E-state index contributed by atoms with van der Waals surface area (Å²) in [7, 11) is 0. The summed E-state index contributed by atoms with van der Waals surface area (Å²) in [5, 5.41) is 4.02. The number of benzene rings is 2. The van der Waals surface area contributed by atoms with Crippen LogP contribution in [0.3, 0.4) is 0 Å². The topological polar surface area (TPSA) is 21.3 Å². The van der Waals surface area contributed by atoms with Gasteiger partial charge in [0.15, 0.2) is 0 Å². The zero-order valence-electron chi connectivity index (χ0n) is 12.8. The highest BCUT2D eigenvalue weighted by molar-refractivity contribution is 6.32. The van der Waals surface area contributed by atoms with E-state index in [0.29, 0.717) is 10.8 Å². The molecule has 0 spiro atoms. The van der Waals surface area contributed by atoms with Gasteiger partial charge in [0.1, 0.15) is 11.5 Å². The van der Waals surface area contributed by atoms with Gasteiger partial charge >= 0.3 is 0 Å². The average Bonchev–Trinajstić information content (AvgIpc) is 2.50. The third kappa shape index (κ3) is 3.99. The number of rotatable bonds is 6. The molecule has 0 aliphatic heterocycles. The van der Waals surface area contributed by atoms with E-state index < -0.39 is 0 Å². The molecule has 2 nitrogen and oxygen atoms in total. The summed E-state index contributed by atoms with van der Waals surface area (Å²) in [6.45, 7) is 7.27. The number of halogens is 1. The second-order valence-corrected chi connectivity index (χ2v) is 5.44. The van der Waals surface area contributed by atoms with Crippen LogP contribution < -0.4 is 10.1 Å². The smallest absolute Gasteiger partial charge is 0.146 e. The quantitative estimate of drug-likeness (QED) is 0.775. The summed E-state index contributed by atoms with van der Waals surface area (Å²) in [5.74, 6) is 1.57. The van der Waals surface area contributed by atoms with E-state index in [4.69, 9.17) is 16.3 Å². The van der Waals surface area contributed by atoms with Gasteiger partial charge in [-0.2, -0.15) is 0 Å². The summed E-state index contributed by atoms with van der Waals surface area (Å²) in [4.78, 5) is 0. The Labute approximate surface area is 132 Å². The molecule has 0 amide bonds. The van der Waals surface area contributed by atoms with Gasteiger partial charge in [-0.3, -0.25) is 0 Å². The van der Waals surface area contributed by atoms with Crippen LogP contribution >= 0.6 is 11.6 Å². The Morgan fingerprint density at radius 3 is 2.52 bits per heavy atom. The fourth-order valence-electron chi connectivity index (χ4n) is 2.31. The highest BCUT2D eigenvalue weighted by atomic mass is 35.5. The summed E-state index contributed by atoms with van der Waals surface area (Å²) < 4.78 is 5.97. The largest absolute Gasteiger partial charge is 0.456 e. The molecule has 1 N–H and O–H groups in total. The average molecular weight is 304 g/mol. The lowest BCUT2D eigenvalue weighted by molar-refractivity contribution is 0.476. The van der Waals surface area contributed by atoms with Gasteiger partial charge in [-0.15, -0.1) is 0 Å². The van der Waals surface area contributed by atoms with Crippen molar-refractivity contribution >= 4 is 11.6 Å². The van der Waals surface area contributed by atoms with Crippen LogP contribution in [0.5, 0.6) is 11.5 Å². The molecular formula is C18H22ClNO. The first-order valence-corrected chi connectivity index (χ1v) is 7.82. The lowest BCUT2D eigenvalue weighted by Crippen LogP contribution is -2.17. The maximum Gasteiger partial charge on any atom is 0.146 e. The third-order valence-corrected chi connectivity index (χ3v) is 3.84. The maximum atomic E-state index is 6.37. The Morgan fingerprint density at radius 2 is 1.86 bits per heavy atom. The predicted molar refractivity (Wildman–Crippen MR) is 89.4 cm³/mol. The Kier molecular flexibility index (Phi) is 5.66. The summed E-state index contributed by atoms with van der Waals surface area (Å²) in [6.07, 6.45) is 0.934. The standard InChI is InChI=1S/C18H22ClNO/c1-4-14-8-6-7-9-17(14)21-18-11-10-15(12-16(18)19)13(3)20-5-2/h6-13,20H,4-5H2,1-3H3. The number of hydrogen-bond donors (Lipinski definition) is 1. The van der Waals surface area contributed by atoms with Gasteiger partial charge in [-0.05, 0) is 49.2 Å². The Balaban J connectivity index is 2.21. The van der Waals surface area contributed by atoms with Crippen molar-refractivity contribution in [3.8, 4) is 11.5 Å². The third-order valence-electron chi connectivity index (χ3n) is 3.54. The van der Waals surface area contributed by atoms with Crippen molar-refractivity contribution in [2.75, 3.05) is 6.54 Å². The number of hydrogen-bond acceptors (Lipinski definition) is 2. The van der Waals surface area contributed by atoms with E-state index >= 15 is 0 Å². The molecule has 0 aromatic heterocycles. The minimum absolute atomic E-state index is 0.282. The highest BCUT2D eigenvalue weighted by Gasteiger charge is 2.10. The van der Waals surface area contributed by atoms with Gasteiger partial charge in [-0.25, -0.2) is 0 Å². The molecule has 3 heteroatoms. The molecule has 1 atom stereocenters. The number of aryl methyl sites for hydroxylation is 1. The van der Waals surface area contributed by atoms with Crippen LogP contribution in [0.1, 0.15) is 37.9 Å². The van der Waals surface area contributed by atoms with Crippen LogP contribution in [-0.4, -0.2) is 6.54 Å². The van der Waals surface area contributed by atoms with E-state index in [0.717, 1.165) is 24.3 Å². The molecule has 0 aliphatic carbocycles. The molecule has 21 heavy (non-hydrogen) atoms. The van der Waals surface area contributed by atoms with Gasteiger partial charge in [0.25, 0.3) is 0 Å². The molecule has 0 radical (unpaired) electrons. The molecule has 0 heterocycles. The van der Waals surface area contributed by atoms with Gasteiger partial charge in [0.05, 0.1) is 5.02 Å². The van der Waals surface area contributed by atoms with Gasteiger partial charge in [0.2, 0.25) is 0 Å². The van der Waals surface area contributed by atoms with Crippen LogP contribution in [0.2, 0.25) is 5.02 Å². The van der Waals surface area contributed by atoms with Crippen molar-refractivity contribution in [1.82, 2.24) is 5.32 Å². The molecule has 2 aromatic rings. The van der Waals surface area contributed by atoms with E-state index in [1.165, 1.54) is 5.56 Å². The Morgan fingerprint density at radius 1 is 1.10 bits per heavy atom. The van der Waals surface area contributed by atoms with Crippen LogP contribution in [0, 0.1) is 0 Å². The van der Waals surface area contributed by atoms with Crippen molar-refractivity contribution < 1.29 is 4.74 Å². The summed E-state index contributed by atoms with van der Waals surface area (Å²) >= 11 is 6.37. The van der Waals surface area contributed by atoms with E-state index in [1.54, 1.807) is 0 Å². The molecule has 0 aliphatic rings. The maximum absolute atomic E-state index is 6.37. The molecule has 2 aromatic carbocycles. The first-order chi connectivity index (χ1) is 10.2. The Bertz CT molecular complexity index is 598. The van der Waals surface area contributed by atoms with Crippen molar-refractivity contribution in [3.05, 3.63) is 58.6 Å². The molecule has 112 valence electrons. The summed E-state index contributed by atoms with van der Waals surface area (Å²) in [5.41, 5.74) is 2.34. The minimum Gasteiger partial charge on any atom is -0.456 e. The van der Waals surface area contributed by atoms with E-state index in [9.17, 15) is 0 Å². The second kappa shape index (κ2) is 7.48. The van der Waals surface area contributed by atoms with E-state index in [1.807, 2.05) is 30.3 Å². The van der Waals surface area contributed by atoms with Crippen molar-refractivity contribution in [2.24, 2.45) is 0 Å². The molecule has 0 saturated carbocycles. The van der Waals surface area contributed by atoms with Crippen LogP contribution in [-0.2, 0) is 6.42 Å². The fraction of sp³-hybridized carbons (Fsp3) is 0.333. The SMILES string of the molecule is CCNC(C)c1ccc(Oc2ccccc2CC)c(Cl)c1. The molecule has 0 bridgehead atoms. The van der Waals surface area contributed by atoms with Gasteiger partial charge in [0, 0.05) is 6.04 Å². The van der Waals surface area contributed by atoms with Crippen molar-refractivity contribution in [1.29, 1.82) is 0 Å². The monoisotopic (exact) mass is 303 g/mol. The molecular weight excluding hydrogens is 282 g/mol. The zero-order chi connectivity index (χ0) is 15.2. The lowest BCUT2D eigenvalue weighted by atomic mass is 10.1. The van der Waals surface area contributed by atoms with Crippen molar-refractivity contribution in [2.45, 2.75) is 33.2 Å². The lowest BCUT2D eigenvalue weighted by Gasteiger charge is -2.15.